The van der Waals surface area contributed by atoms with Crippen molar-refractivity contribution in [2.24, 2.45) is 5.10 Å². The van der Waals surface area contributed by atoms with Crippen molar-refractivity contribution in [3.63, 3.8) is 0 Å². The van der Waals surface area contributed by atoms with Gasteiger partial charge in [-0.3, -0.25) is 14.6 Å². The number of halogens is 1. The molecule has 0 saturated heterocycles. The minimum atomic E-state index is -0.534. The van der Waals surface area contributed by atoms with Gasteiger partial charge < -0.3 is 5.32 Å². The summed E-state index contributed by atoms with van der Waals surface area (Å²) in [6, 6.07) is 8.65. The molecule has 6 nitrogen and oxygen atoms in total. The highest BCUT2D eigenvalue weighted by molar-refractivity contribution is 5.96. The number of rotatable bonds is 5. The van der Waals surface area contributed by atoms with Crippen LogP contribution in [0.2, 0.25) is 0 Å². The maximum Gasteiger partial charge on any atom is 0.259 e. The minimum Gasteiger partial charge on any atom is -0.343 e. The van der Waals surface area contributed by atoms with Crippen LogP contribution < -0.4 is 10.7 Å². The predicted molar refractivity (Wildman–Crippen MR) is 78.7 cm³/mol. The molecule has 1 aromatic heterocycles. The Labute approximate surface area is 126 Å². The van der Waals surface area contributed by atoms with Crippen molar-refractivity contribution in [2.75, 3.05) is 6.54 Å². The van der Waals surface area contributed by atoms with E-state index in [2.05, 4.69) is 20.8 Å². The Morgan fingerprint density at radius 3 is 2.73 bits per heavy atom. The molecule has 2 N–H and O–H groups in total. The quantitative estimate of drug-likeness (QED) is 0.640. The van der Waals surface area contributed by atoms with Crippen LogP contribution in [0.15, 0.2) is 53.9 Å². The topological polar surface area (TPSA) is 83.5 Å². The Hall–Kier alpha value is -3.09. The number of pyridine rings is 1. The Bertz CT molecular complexity index is 689. The van der Waals surface area contributed by atoms with Crippen LogP contribution >= 0.6 is 0 Å². The molecule has 1 heterocycles. The molecular weight excluding hydrogens is 287 g/mol. The molecule has 2 amide bonds. The van der Waals surface area contributed by atoms with E-state index in [0.29, 0.717) is 0 Å². The molecule has 0 atom stereocenters. The van der Waals surface area contributed by atoms with Gasteiger partial charge in [0.1, 0.15) is 5.82 Å². The van der Waals surface area contributed by atoms with Crippen molar-refractivity contribution in [2.45, 2.75) is 0 Å². The fourth-order valence-corrected chi connectivity index (χ4v) is 1.56. The molecule has 0 aliphatic carbocycles. The number of benzene rings is 1. The average molecular weight is 300 g/mol. The lowest BCUT2D eigenvalue weighted by molar-refractivity contribution is -0.120. The van der Waals surface area contributed by atoms with Gasteiger partial charge in [0, 0.05) is 18.0 Å². The molecule has 0 spiro atoms. The van der Waals surface area contributed by atoms with Crippen LogP contribution in [-0.4, -0.2) is 29.6 Å². The zero-order chi connectivity index (χ0) is 15.8. The van der Waals surface area contributed by atoms with Crippen molar-refractivity contribution in [3.05, 3.63) is 65.7 Å². The average Bonchev–Trinajstić information content (AvgIpc) is 2.53. The summed E-state index contributed by atoms with van der Waals surface area (Å²) in [4.78, 5) is 27.1. The largest absolute Gasteiger partial charge is 0.343 e. The number of nitrogens with one attached hydrogen (secondary N) is 2. The van der Waals surface area contributed by atoms with Gasteiger partial charge in [0.25, 0.3) is 11.8 Å². The third-order valence-electron chi connectivity index (χ3n) is 2.61. The third kappa shape index (κ3) is 4.78. The summed E-state index contributed by atoms with van der Waals surface area (Å²) in [6.07, 6.45) is 4.65. The lowest BCUT2D eigenvalue weighted by Crippen LogP contribution is -2.34. The van der Waals surface area contributed by atoms with Crippen molar-refractivity contribution in [1.82, 2.24) is 15.7 Å². The van der Waals surface area contributed by atoms with Crippen LogP contribution in [0.3, 0.4) is 0 Å². The Morgan fingerprint density at radius 2 is 2.00 bits per heavy atom. The maximum absolute atomic E-state index is 13.0. The van der Waals surface area contributed by atoms with E-state index in [-0.39, 0.29) is 12.1 Å². The van der Waals surface area contributed by atoms with Crippen molar-refractivity contribution >= 4 is 18.0 Å². The molecule has 1 aromatic carbocycles. The van der Waals surface area contributed by atoms with Gasteiger partial charge in [-0.25, -0.2) is 9.82 Å². The van der Waals surface area contributed by atoms with Crippen LogP contribution in [-0.2, 0) is 4.79 Å². The van der Waals surface area contributed by atoms with Gasteiger partial charge in [0.05, 0.1) is 12.8 Å². The highest BCUT2D eigenvalue weighted by Crippen LogP contribution is 2.02. The molecule has 0 fully saturated rings. The first-order chi connectivity index (χ1) is 10.6. The van der Waals surface area contributed by atoms with Gasteiger partial charge in [-0.05, 0) is 35.9 Å². The number of amides is 2. The lowest BCUT2D eigenvalue weighted by Gasteiger charge is -2.04. The summed E-state index contributed by atoms with van der Waals surface area (Å²) in [6.45, 7) is -0.261. The highest BCUT2D eigenvalue weighted by atomic mass is 19.1. The summed E-state index contributed by atoms with van der Waals surface area (Å²) >= 11 is 0. The summed E-state index contributed by atoms with van der Waals surface area (Å²) in [5.74, 6) is -1.54. The molecular formula is C15H13FN4O2. The van der Waals surface area contributed by atoms with Gasteiger partial charge in [0.2, 0.25) is 0 Å². The summed E-state index contributed by atoms with van der Waals surface area (Å²) < 4.78 is 13.0. The Kier molecular flexibility index (Phi) is 5.31. The van der Waals surface area contributed by atoms with Crippen LogP contribution in [0, 0.1) is 5.82 Å². The number of nitrogens with zero attached hydrogens (tertiary/aromatic N) is 2. The molecule has 22 heavy (non-hydrogen) atoms. The highest BCUT2D eigenvalue weighted by Gasteiger charge is 2.08. The molecule has 0 radical (unpaired) electrons. The van der Waals surface area contributed by atoms with Crippen molar-refractivity contribution in [3.8, 4) is 0 Å². The van der Waals surface area contributed by atoms with E-state index in [1.807, 2.05) is 0 Å². The number of aromatic nitrogens is 1. The van der Waals surface area contributed by atoms with Crippen LogP contribution in [0.4, 0.5) is 4.39 Å². The van der Waals surface area contributed by atoms with E-state index in [0.717, 1.165) is 11.6 Å². The number of carbonyl (C=O) groups excluding carboxylic acids is 2. The normalized spacial score (nSPS) is 10.4. The molecule has 0 unspecified atom stereocenters. The number of hydrazone groups is 1. The van der Waals surface area contributed by atoms with E-state index in [4.69, 9.17) is 0 Å². The SMILES string of the molecule is O=C(CNC(=O)c1cccc(F)c1)N/N=C/c1ccncc1. The van der Waals surface area contributed by atoms with E-state index in [1.165, 1.54) is 24.4 Å². The number of hydrogen-bond acceptors (Lipinski definition) is 4. The zero-order valence-corrected chi connectivity index (χ0v) is 11.5. The van der Waals surface area contributed by atoms with Gasteiger partial charge in [-0.1, -0.05) is 6.07 Å². The van der Waals surface area contributed by atoms with Crippen LogP contribution in [0.25, 0.3) is 0 Å². The first kappa shape index (κ1) is 15.3. The molecule has 0 bridgehead atoms. The summed E-state index contributed by atoms with van der Waals surface area (Å²) in [7, 11) is 0. The first-order valence-electron chi connectivity index (χ1n) is 6.41. The van der Waals surface area contributed by atoms with Gasteiger partial charge >= 0.3 is 0 Å². The summed E-state index contributed by atoms with van der Waals surface area (Å²) in [5.41, 5.74) is 3.19. The molecule has 0 aliphatic rings. The molecule has 2 aromatic rings. The van der Waals surface area contributed by atoms with E-state index < -0.39 is 17.6 Å². The molecule has 7 heteroatoms. The minimum absolute atomic E-state index is 0.146. The lowest BCUT2D eigenvalue weighted by atomic mass is 10.2. The van der Waals surface area contributed by atoms with E-state index in [9.17, 15) is 14.0 Å². The second kappa shape index (κ2) is 7.63. The zero-order valence-electron chi connectivity index (χ0n) is 11.5. The standard InChI is InChI=1S/C15H13FN4O2/c16-13-3-1-2-12(8-13)15(22)18-10-14(21)20-19-9-11-4-6-17-7-5-11/h1-9H,10H2,(H,18,22)(H,20,21)/b19-9+. The Morgan fingerprint density at radius 1 is 1.23 bits per heavy atom. The number of carbonyl (C=O) groups is 2. The monoisotopic (exact) mass is 300 g/mol. The number of hydrogen-bond donors (Lipinski definition) is 2. The predicted octanol–water partition coefficient (Wildman–Crippen LogP) is 1.10. The maximum atomic E-state index is 13.0. The fourth-order valence-electron chi connectivity index (χ4n) is 1.56. The third-order valence-corrected chi connectivity index (χ3v) is 2.61. The van der Waals surface area contributed by atoms with Gasteiger partial charge in [-0.2, -0.15) is 5.10 Å². The summed E-state index contributed by atoms with van der Waals surface area (Å²) in [5, 5.41) is 6.12. The smallest absolute Gasteiger partial charge is 0.259 e. The van der Waals surface area contributed by atoms with Crippen LogP contribution in [0.1, 0.15) is 15.9 Å². The first-order valence-corrected chi connectivity index (χ1v) is 6.41. The van der Waals surface area contributed by atoms with E-state index >= 15 is 0 Å². The van der Waals surface area contributed by atoms with E-state index in [1.54, 1.807) is 24.5 Å². The molecule has 112 valence electrons. The van der Waals surface area contributed by atoms with Gasteiger partial charge in [0.15, 0.2) is 0 Å². The van der Waals surface area contributed by atoms with Gasteiger partial charge in [-0.15, -0.1) is 0 Å². The van der Waals surface area contributed by atoms with Crippen LogP contribution in [0.5, 0.6) is 0 Å². The fraction of sp³-hybridized carbons (Fsp3) is 0.0667. The Balaban J connectivity index is 1.78. The second-order valence-electron chi connectivity index (χ2n) is 4.27. The second-order valence-corrected chi connectivity index (χ2v) is 4.27. The van der Waals surface area contributed by atoms with Crippen molar-refractivity contribution in [1.29, 1.82) is 0 Å². The molecule has 2 rings (SSSR count). The molecule has 0 aliphatic heterocycles. The van der Waals surface area contributed by atoms with Crippen molar-refractivity contribution < 1.29 is 14.0 Å². The molecule has 0 saturated carbocycles.